The SMILES string of the molecule is Clc1ccc(CNc2cccc(Cl)n2)cn1. The van der Waals surface area contributed by atoms with Gasteiger partial charge in [0.15, 0.2) is 0 Å². The van der Waals surface area contributed by atoms with Crippen LogP contribution in [0.3, 0.4) is 0 Å². The first-order valence-electron chi connectivity index (χ1n) is 4.71. The summed E-state index contributed by atoms with van der Waals surface area (Å²) < 4.78 is 0. The second-order valence-electron chi connectivity index (χ2n) is 3.19. The van der Waals surface area contributed by atoms with Crippen molar-refractivity contribution in [2.75, 3.05) is 5.32 Å². The Kier molecular flexibility index (Phi) is 3.59. The number of rotatable bonds is 3. The van der Waals surface area contributed by atoms with E-state index in [1.165, 1.54) is 0 Å². The quantitative estimate of drug-likeness (QED) is 0.853. The van der Waals surface area contributed by atoms with Gasteiger partial charge in [0.2, 0.25) is 0 Å². The van der Waals surface area contributed by atoms with Crippen LogP contribution in [0.4, 0.5) is 5.82 Å². The first-order chi connectivity index (χ1) is 7.74. The molecule has 82 valence electrons. The average Bonchev–Trinajstić information content (AvgIpc) is 2.28. The summed E-state index contributed by atoms with van der Waals surface area (Å²) in [5, 5.41) is 4.10. The molecule has 0 amide bonds. The molecular weight excluding hydrogens is 245 g/mol. The van der Waals surface area contributed by atoms with Gasteiger partial charge in [0.05, 0.1) is 0 Å². The van der Waals surface area contributed by atoms with Crippen molar-refractivity contribution in [2.24, 2.45) is 0 Å². The summed E-state index contributed by atoms with van der Waals surface area (Å²) in [5.41, 5.74) is 1.03. The summed E-state index contributed by atoms with van der Waals surface area (Å²) in [5.74, 6) is 0.738. The van der Waals surface area contributed by atoms with Crippen molar-refractivity contribution in [3.05, 3.63) is 52.4 Å². The Morgan fingerprint density at radius 3 is 2.62 bits per heavy atom. The van der Waals surface area contributed by atoms with Gasteiger partial charge >= 0.3 is 0 Å². The fraction of sp³-hybridized carbons (Fsp3) is 0.0909. The Morgan fingerprint density at radius 1 is 1.06 bits per heavy atom. The van der Waals surface area contributed by atoms with Gasteiger partial charge in [0.1, 0.15) is 16.1 Å². The van der Waals surface area contributed by atoms with Gasteiger partial charge in [-0.25, -0.2) is 9.97 Å². The molecule has 0 saturated heterocycles. The van der Waals surface area contributed by atoms with E-state index in [1.54, 1.807) is 18.3 Å². The topological polar surface area (TPSA) is 37.8 Å². The first kappa shape index (κ1) is 11.2. The zero-order valence-electron chi connectivity index (χ0n) is 8.32. The standard InChI is InChI=1S/C11H9Cl2N3/c12-9-5-4-8(6-14-9)7-15-11-3-1-2-10(13)16-11/h1-6H,7H2,(H,15,16). The maximum absolute atomic E-state index is 5.77. The Bertz CT molecular complexity index is 471. The molecule has 2 heterocycles. The van der Waals surface area contributed by atoms with E-state index >= 15 is 0 Å². The molecule has 0 unspecified atom stereocenters. The fourth-order valence-corrected chi connectivity index (χ4v) is 1.49. The molecule has 0 aromatic carbocycles. The second kappa shape index (κ2) is 5.14. The molecule has 2 aromatic rings. The predicted molar refractivity (Wildman–Crippen MR) is 65.8 cm³/mol. The lowest BCUT2D eigenvalue weighted by molar-refractivity contribution is 1.09. The lowest BCUT2D eigenvalue weighted by Crippen LogP contribution is -2.01. The van der Waals surface area contributed by atoms with E-state index in [-0.39, 0.29) is 0 Å². The van der Waals surface area contributed by atoms with Crippen molar-refractivity contribution in [1.82, 2.24) is 9.97 Å². The highest BCUT2D eigenvalue weighted by molar-refractivity contribution is 6.29. The molecule has 0 fully saturated rings. The zero-order valence-corrected chi connectivity index (χ0v) is 9.83. The highest BCUT2D eigenvalue weighted by Crippen LogP contribution is 2.11. The van der Waals surface area contributed by atoms with Crippen LogP contribution >= 0.6 is 23.2 Å². The fourth-order valence-electron chi connectivity index (χ4n) is 1.21. The minimum absolute atomic E-state index is 0.472. The van der Waals surface area contributed by atoms with Crippen LogP contribution in [0.1, 0.15) is 5.56 Å². The molecule has 0 bridgehead atoms. The summed E-state index contributed by atoms with van der Waals surface area (Å²) in [6.45, 7) is 0.636. The van der Waals surface area contributed by atoms with Crippen molar-refractivity contribution in [3.63, 3.8) is 0 Å². The summed E-state index contributed by atoms with van der Waals surface area (Å²) in [6.07, 6.45) is 1.72. The number of nitrogens with one attached hydrogen (secondary N) is 1. The van der Waals surface area contributed by atoms with Gasteiger partial charge in [-0.15, -0.1) is 0 Å². The molecule has 16 heavy (non-hydrogen) atoms. The minimum atomic E-state index is 0.472. The number of aromatic nitrogens is 2. The Balaban J connectivity index is 1.99. The van der Waals surface area contributed by atoms with Gasteiger partial charge in [-0.1, -0.05) is 35.3 Å². The van der Waals surface area contributed by atoms with Gasteiger partial charge in [0.25, 0.3) is 0 Å². The third-order valence-electron chi connectivity index (χ3n) is 1.98. The van der Waals surface area contributed by atoms with E-state index in [0.29, 0.717) is 16.9 Å². The highest BCUT2D eigenvalue weighted by Gasteiger charge is 1.97. The van der Waals surface area contributed by atoms with Crippen LogP contribution < -0.4 is 5.32 Å². The molecule has 5 heteroatoms. The second-order valence-corrected chi connectivity index (χ2v) is 3.96. The zero-order chi connectivity index (χ0) is 11.4. The molecule has 0 aliphatic heterocycles. The maximum Gasteiger partial charge on any atom is 0.131 e. The third kappa shape index (κ3) is 3.08. The minimum Gasteiger partial charge on any atom is -0.366 e. The number of anilines is 1. The van der Waals surface area contributed by atoms with Crippen LogP contribution in [0.5, 0.6) is 0 Å². The van der Waals surface area contributed by atoms with Crippen LogP contribution in [-0.4, -0.2) is 9.97 Å². The molecule has 0 saturated carbocycles. The smallest absolute Gasteiger partial charge is 0.131 e. The highest BCUT2D eigenvalue weighted by atomic mass is 35.5. The average molecular weight is 254 g/mol. The van der Waals surface area contributed by atoms with E-state index in [1.807, 2.05) is 18.2 Å². The number of hydrogen-bond donors (Lipinski definition) is 1. The Hall–Kier alpha value is -1.32. The molecular formula is C11H9Cl2N3. The van der Waals surface area contributed by atoms with Crippen LogP contribution in [0.25, 0.3) is 0 Å². The van der Waals surface area contributed by atoms with Gasteiger partial charge in [-0.3, -0.25) is 0 Å². The third-order valence-corrected chi connectivity index (χ3v) is 2.41. The molecule has 2 rings (SSSR count). The van der Waals surface area contributed by atoms with Crippen molar-refractivity contribution >= 4 is 29.0 Å². The lowest BCUT2D eigenvalue weighted by Gasteiger charge is -2.05. The first-order valence-corrected chi connectivity index (χ1v) is 5.46. The Labute approximate surface area is 103 Å². The van der Waals surface area contributed by atoms with Gasteiger partial charge in [0, 0.05) is 12.7 Å². The number of pyridine rings is 2. The van der Waals surface area contributed by atoms with Crippen molar-refractivity contribution in [2.45, 2.75) is 6.54 Å². The van der Waals surface area contributed by atoms with Gasteiger partial charge < -0.3 is 5.32 Å². The molecule has 3 nitrogen and oxygen atoms in total. The summed E-state index contributed by atoms with van der Waals surface area (Å²) in [4.78, 5) is 8.10. The Morgan fingerprint density at radius 2 is 1.94 bits per heavy atom. The monoisotopic (exact) mass is 253 g/mol. The molecule has 0 radical (unpaired) electrons. The summed E-state index contributed by atoms with van der Waals surface area (Å²) in [6, 6.07) is 9.10. The van der Waals surface area contributed by atoms with Gasteiger partial charge in [-0.2, -0.15) is 0 Å². The summed E-state index contributed by atoms with van der Waals surface area (Å²) in [7, 11) is 0. The maximum atomic E-state index is 5.77. The van der Waals surface area contributed by atoms with E-state index < -0.39 is 0 Å². The van der Waals surface area contributed by atoms with E-state index in [0.717, 1.165) is 11.4 Å². The lowest BCUT2D eigenvalue weighted by atomic mass is 10.3. The predicted octanol–water partition coefficient (Wildman–Crippen LogP) is 3.40. The van der Waals surface area contributed by atoms with Crippen molar-refractivity contribution in [1.29, 1.82) is 0 Å². The van der Waals surface area contributed by atoms with Crippen molar-refractivity contribution in [3.8, 4) is 0 Å². The van der Waals surface area contributed by atoms with Crippen LogP contribution in [0.15, 0.2) is 36.5 Å². The van der Waals surface area contributed by atoms with Crippen LogP contribution in [0, 0.1) is 0 Å². The van der Waals surface area contributed by atoms with E-state index in [9.17, 15) is 0 Å². The molecule has 0 spiro atoms. The van der Waals surface area contributed by atoms with Crippen LogP contribution in [0.2, 0.25) is 10.3 Å². The van der Waals surface area contributed by atoms with Crippen molar-refractivity contribution < 1.29 is 0 Å². The van der Waals surface area contributed by atoms with Crippen LogP contribution in [-0.2, 0) is 6.54 Å². The normalized spacial score (nSPS) is 10.1. The number of nitrogens with zero attached hydrogens (tertiary/aromatic N) is 2. The summed E-state index contributed by atoms with van der Waals surface area (Å²) >= 11 is 11.5. The van der Waals surface area contributed by atoms with E-state index in [4.69, 9.17) is 23.2 Å². The number of halogens is 2. The van der Waals surface area contributed by atoms with E-state index in [2.05, 4.69) is 15.3 Å². The number of hydrogen-bond acceptors (Lipinski definition) is 3. The molecule has 0 aliphatic rings. The largest absolute Gasteiger partial charge is 0.366 e. The molecule has 1 N–H and O–H groups in total. The molecule has 0 aliphatic carbocycles. The van der Waals surface area contributed by atoms with Gasteiger partial charge in [-0.05, 0) is 23.8 Å². The molecule has 2 aromatic heterocycles. The molecule has 0 atom stereocenters.